The van der Waals surface area contributed by atoms with Crippen LogP contribution in [0, 0.1) is 5.92 Å². The van der Waals surface area contributed by atoms with Crippen molar-refractivity contribution < 1.29 is 17.9 Å². The number of sulfonamides is 1. The monoisotopic (exact) mass is 436 g/mol. The Balaban J connectivity index is 1.91. The van der Waals surface area contributed by atoms with Gasteiger partial charge in [0.1, 0.15) is 12.3 Å². The van der Waals surface area contributed by atoms with Crippen molar-refractivity contribution in [2.45, 2.75) is 24.7 Å². The van der Waals surface area contributed by atoms with Crippen molar-refractivity contribution in [2.24, 2.45) is 5.92 Å². The summed E-state index contributed by atoms with van der Waals surface area (Å²) in [5, 5.41) is 0.492. The number of nitrogens with zero attached hydrogens (tertiary/aromatic N) is 2. The second kappa shape index (κ2) is 9.05. The van der Waals surface area contributed by atoms with E-state index in [2.05, 4.69) is 6.92 Å². The number of rotatable bonds is 6. The Bertz CT molecular complexity index is 938. The molecule has 0 N–H and O–H groups in total. The summed E-state index contributed by atoms with van der Waals surface area (Å²) in [6, 6.07) is 12.6. The molecule has 1 heterocycles. The molecule has 8 heteroatoms. The van der Waals surface area contributed by atoms with Gasteiger partial charge in [-0.2, -0.15) is 0 Å². The van der Waals surface area contributed by atoms with Gasteiger partial charge < -0.3 is 9.64 Å². The van der Waals surface area contributed by atoms with E-state index in [1.165, 1.54) is 19.2 Å². The molecular formula is C21H25ClN2O4S. The number of methoxy groups -OCH3 is 1. The van der Waals surface area contributed by atoms with E-state index >= 15 is 0 Å². The zero-order valence-electron chi connectivity index (χ0n) is 16.5. The van der Waals surface area contributed by atoms with Crippen LogP contribution in [-0.4, -0.2) is 46.0 Å². The van der Waals surface area contributed by atoms with E-state index in [1.54, 1.807) is 41.3 Å². The van der Waals surface area contributed by atoms with Gasteiger partial charge in [-0.1, -0.05) is 18.5 Å². The molecule has 3 rings (SSSR count). The van der Waals surface area contributed by atoms with Gasteiger partial charge in [0.15, 0.2) is 0 Å². The van der Waals surface area contributed by atoms with Gasteiger partial charge in [-0.25, -0.2) is 8.42 Å². The highest BCUT2D eigenvalue weighted by Gasteiger charge is 2.30. The minimum absolute atomic E-state index is 0.0910. The third kappa shape index (κ3) is 5.03. The van der Waals surface area contributed by atoms with E-state index in [0.29, 0.717) is 35.5 Å². The summed E-state index contributed by atoms with van der Waals surface area (Å²) in [6.07, 6.45) is 1.86. The van der Waals surface area contributed by atoms with Crippen molar-refractivity contribution in [3.05, 3.63) is 53.6 Å². The molecule has 156 valence electrons. The largest absolute Gasteiger partial charge is 0.497 e. The van der Waals surface area contributed by atoms with Gasteiger partial charge in [0.25, 0.3) is 10.0 Å². The molecule has 2 aromatic carbocycles. The predicted molar refractivity (Wildman–Crippen MR) is 114 cm³/mol. The van der Waals surface area contributed by atoms with E-state index in [4.69, 9.17) is 16.3 Å². The molecule has 1 saturated heterocycles. The first-order chi connectivity index (χ1) is 13.8. The summed E-state index contributed by atoms with van der Waals surface area (Å²) >= 11 is 5.97. The van der Waals surface area contributed by atoms with Crippen molar-refractivity contribution in [1.29, 1.82) is 0 Å². The molecule has 0 aliphatic carbocycles. The number of amides is 1. The van der Waals surface area contributed by atoms with E-state index in [1.807, 2.05) is 0 Å². The van der Waals surface area contributed by atoms with Gasteiger partial charge in [-0.15, -0.1) is 0 Å². The first-order valence-corrected chi connectivity index (χ1v) is 11.3. The Hall–Kier alpha value is -2.25. The fraction of sp³-hybridized carbons (Fsp3) is 0.381. The SMILES string of the molecule is COc1ccc(S(=O)(=O)N(CC(=O)N2CCC(C)CC2)c2ccc(Cl)cc2)cc1. The molecule has 1 aliphatic heterocycles. The smallest absolute Gasteiger partial charge is 0.264 e. The molecular weight excluding hydrogens is 412 g/mol. The first-order valence-electron chi connectivity index (χ1n) is 9.51. The van der Waals surface area contributed by atoms with Crippen LogP contribution in [0.25, 0.3) is 0 Å². The van der Waals surface area contributed by atoms with E-state index in [0.717, 1.165) is 17.1 Å². The fourth-order valence-electron chi connectivity index (χ4n) is 3.28. The first kappa shape index (κ1) is 21.5. The molecule has 6 nitrogen and oxygen atoms in total. The molecule has 0 bridgehead atoms. The Kier molecular flexibility index (Phi) is 6.70. The van der Waals surface area contributed by atoms with E-state index in [-0.39, 0.29) is 17.3 Å². The normalized spacial score (nSPS) is 15.2. The molecule has 0 unspecified atom stereocenters. The second-order valence-corrected chi connectivity index (χ2v) is 9.53. The molecule has 1 aliphatic rings. The van der Waals surface area contributed by atoms with Gasteiger partial charge >= 0.3 is 0 Å². The van der Waals surface area contributed by atoms with Crippen molar-refractivity contribution in [2.75, 3.05) is 31.0 Å². The van der Waals surface area contributed by atoms with Crippen LogP contribution in [0.5, 0.6) is 5.75 Å². The molecule has 2 aromatic rings. The quantitative estimate of drug-likeness (QED) is 0.690. The van der Waals surface area contributed by atoms with Crippen LogP contribution in [-0.2, 0) is 14.8 Å². The van der Waals surface area contributed by atoms with Crippen LogP contribution >= 0.6 is 11.6 Å². The fourth-order valence-corrected chi connectivity index (χ4v) is 4.82. The maximum Gasteiger partial charge on any atom is 0.264 e. The van der Waals surface area contributed by atoms with Gasteiger partial charge in [0.2, 0.25) is 5.91 Å². The summed E-state index contributed by atoms with van der Waals surface area (Å²) in [6.45, 7) is 3.20. The lowest BCUT2D eigenvalue weighted by Crippen LogP contribution is -2.45. The van der Waals surface area contributed by atoms with Gasteiger partial charge in [-0.05, 0) is 67.3 Å². The highest BCUT2D eigenvalue weighted by atomic mass is 35.5. The minimum Gasteiger partial charge on any atom is -0.497 e. The summed E-state index contributed by atoms with van der Waals surface area (Å²) in [5.74, 6) is 0.930. The maximum atomic E-state index is 13.4. The minimum atomic E-state index is -3.95. The Morgan fingerprint density at radius 3 is 2.24 bits per heavy atom. The molecule has 0 aromatic heterocycles. The standard InChI is InChI=1S/C21H25ClN2O4S/c1-16-11-13-23(14-12-16)21(25)15-24(18-5-3-17(22)4-6-18)29(26,27)20-9-7-19(28-2)8-10-20/h3-10,16H,11-15H2,1-2H3. The van der Waals surface area contributed by atoms with Crippen molar-refractivity contribution in [3.63, 3.8) is 0 Å². The topological polar surface area (TPSA) is 66.9 Å². The summed E-state index contributed by atoms with van der Waals surface area (Å²) in [5.41, 5.74) is 0.393. The lowest BCUT2D eigenvalue weighted by Gasteiger charge is -2.32. The number of anilines is 1. The van der Waals surface area contributed by atoms with Crippen LogP contribution in [0.3, 0.4) is 0 Å². The molecule has 1 amide bonds. The average molecular weight is 437 g/mol. The summed E-state index contributed by atoms with van der Waals surface area (Å²) in [7, 11) is -2.43. The average Bonchev–Trinajstić information content (AvgIpc) is 2.73. The number of likely N-dealkylation sites (tertiary alicyclic amines) is 1. The molecule has 0 radical (unpaired) electrons. The van der Waals surface area contributed by atoms with Gasteiger partial charge in [-0.3, -0.25) is 9.10 Å². The number of piperidine rings is 1. The number of halogens is 1. The predicted octanol–water partition coefficient (Wildman–Crippen LogP) is 3.80. The number of benzene rings is 2. The Labute approximate surface area is 177 Å². The van der Waals surface area contributed by atoms with E-state index < -0.39 is 10.0 Å². The van der Waals surface area contributed by atoms with Crippen LogP contribution in [0.1, 0.15) is 19.8 Å². The second-order valence-electron chi connectivity index (χ2n) is 7.23. The van der Waals surface area contributed by atoms with Crippen LogP contribution in [0.2, 0.25) is 5.02 Å². The van der Waals surface area contributed by atoms with Crippen molar-refractivity contribution in [1.82, 2.24) is 4.90 Å². The highest BCUT2D eigenvalue weighted by molar-refractivity contribution is 7.92. The van der Waals surface area contributed by atoms with Crippen molar-refractivity contribution in [3.8, 4) is 5.75 Å². The molecule has 0 saturated carbocycles. The third-order valence-electron chi connectivity index (χ3n) is 5.18. The highest BCUT2D eigenvalue weighted by Crippen LogP contribution is 2.27. The summed E-state index contributed by atoms with van der Waals surface area (Å²) in [4.78, 5) is 14.7. The lowest BCUT2D eigenvalue weighted by molar-refractivity contribution is -0.130. The molecule has 0 atom stereocenters. The van der Waals surface area contributed by atoms with Crippen LogP contribution in [0.4, 0.5) is 5.69 Å². The zero-order valence-corrected chi connectivity index (χ0v) is 18.1. The lowest BCUT2D eigenvalue weighted by atomic mass is 9.99. The molecule has 29 heavy (non-hydrogen) atoms. The zero-order chi connectivity index (χ0) is 21.0. The Morgan fingerprint density at radius 2 is 1.69 bits per heavy atom. The van der Waals surface area contributed by atoms with Crippen molar-refractivity contribution >= 4 is 33.2 Å². The molecule has 0 spiro atoms. The van der Waals surface area contributed by atoms with Crippen LogP contribution < -0.4 is 9.04 Å². The maximum absolute atomic E-state index is 13.4. The number of ether oxygens (including phenoxy) is 1. The van der Waals surface area contributed by atoms with Crippen LogP contribution in [0.15, 0.2) is 53.4 Å². The van der Waals surface area contributed by atoms with Gasteiger partial charge in [0.05, 0.1) is 17.7 Å². The van der Waals surface area contributed by atoms with Gasteiger partial charge in [0, 0.05) is 18.1 Å². The summed E-state index contributed by atoms with van der Waals surface area (Å²) < 4.78 is 33.0. The molecule has 1 fully saturated rings. The Morgan fingerprint density at radius 1 is 1.10 bits per heavy atom. The number of hydrogen-bond donors (Lipinski definition) is 0. The number of carbonyl (C=O) groups is 1. The number of carbonyl (C=O) groups excluding carboxylic acids is 1. The third-order valence-corrected chi connectivity index (χ3v) is 7.22. The van der Waals surface area contributed by atoms with E-state index in [9.17, 15) is 13.2 Å². The number of hydrogen-bond acceptors (Lipinski definition) is 4.